The van der Waals surface area contributed by atoms with Gasteiger partial charge in [-0.2, -0.15) is 0 Å². The van der Waals surface area contributed by atoms with Crippen LogP contribution in [0.3, 0.4) is 0 Å². The van der Waals surface area contributed by atoms with E-state index in [-0.39, 0.29) is 0 Å². The van der Waals surface area contributed by atoms with Crippen molar-refractivity contribution in [2.45, 2.75) is 32.7 Å². The van der Waals surface area contributed by atoms with Gasteiger partial charge in [-0.05, 0) is 38.3 Å². The number of methoxy groups -OCH3 is 1. The van der Waals surface area contributed by atoms with E-state index in [0.717, 1.165) is 37.2 Å². The predicted molar refractivity (Wildman–Crippen MR) is 80.8 cm³/mol. The van der Waals surface area contributed by atoms with Crippen molar-refractivity contribution < 1.29 is 4.74 Å². The van der Waals surface area contributed by atoms with Gasteiger partial charge in [0.2, 0.25) is 0 Å². The number of hydrogen-bond donors (Lipinski definition) is 1. The van der Waals surface area contributed by atoms with Crippen LogP contribution in [-0.4, -0.2) is 43.2 Å². The Morgan fingerprint density at radius 3 is 2.95 bits per heavy atom. The number of aromatic nitrogens is 1. The van der Waals surface area contributed by atoms with Gasteiger partial charge < -0.3 is 10.1 Å². The van der Waals surface area contributed by atoms with Crippen LogP contribution in [0.4, 0.5) is 5.13 Å². The van der Waals surface area contributed by atoms with E-state index in [4.69, 9.17) is 4.74 Å². The van der Waals surface area contributed by atoms with Crippen LogP contribution in [0, 0.1) is 5.92 Å². The highest BCUT2D eigenvalue weighted by atomic mass is 32.1. The third kappa shape index (κ3) is 4.75. The lowest BCUT2D eigenvalue weighted by molar-refractivity contribution is 0.0972. The second-order valence-corrected chi connectivity index (χ2v) is 6.35. The first-order chi connectivity index (χ1) is 9.31. The molecule has 0 bridgehead atoms. The first-order valence-electron chi connectivity index (χ1n) is 7.21. The van der Waals surface area contributed by atoms with Crippen molar-refractivity contribution in [2.24, 2.45) is 5.92 Å². The molecule has 0 amide bonds. The summed E-state index contributed by atoms with van der Waals surface area (Å²) < 4.78 is 5.24. The van der Waals surface area contributed by atoms with Crippen LogP contribution in [0.25, 0.3) is 0 Å². The van der Waals surface area contributed by atoms with Crippen LogP contribution in [-0.2, 0) is 11.3 Å². The standard InChI is InChI=1S/C14H25N3OS/c1-3-6-15-14-16-9-13(19-14)10-17-7-4-12(5-8-17)11-18-2/h9,12H,3-8,10-11H2,1-2H3,(H,15,16). The number of rotatable bonds is 7. The van der Waals surface area contributed by atoms with Crippen LogP contribution in [0.5, 0.6) is 0 Å². The summed E-state index contributed by atoms with van der Waals surface area (Å²) in [6, 6.07) is 0. The number of nitrogens with zero attached hydrogens (tertiary/aromatic N) is 2. The maximum Gasteiger partial charge on any atom is 0.182 e. The normalized spacial score (nSPS) is 17.8. The zero-order valence-electron chi connectivity index (χ0n) is 12.0. The molecule has 1 N–H and O–H groups in total. The molecule has 0 radical (unpaired) electrons. The van der Waals surface area contributed by atoms with Gasteiger partial charge in [-0.15, -0.1) is 11.3 Å². The van der Waals surface area contributed by atoms with Crippen LogP contribution in [0.2, 0.25) is 0 Å². The Balaban J connectivity index is 1.74. The number of ether oxygens (including phenoxy) is 1. The Bertz CT molecular complexity index is 361. The second-order valence-electron chi connectivity index (χ2n) is 5.23. The molecule has 1 aliphatic heterocycles. The molecule has 1 aliphatic rings. The largest absolute Gasteiger partial charge is 0.384 e. The maximum absolute atomic E-state index is 5.24. The number of hydrogen-bond acceptors (Lipinski definition) is 5. The van der Waals surface area contributed by atoms with Crippen molar-refractivity contribution in [3.63, 3.8) is 0 Å². The van der Waals surface area contributed by atoms with E-state index in [0.29, 0.717) is 0 Å². The summed E-state index contributed by atoms with van der Waals surface area (Å²) in [4.78, 5) is 8.32. The number of piperidine rings is 1. The summed E-state index contributed by atoms with van der Waals surface area (Å²) in [6.45, 7) is 7.51. The van der Waals surface area contributed by atoms with Gasteiger partial charge in [0.15, 0.2) is 5.13 Å². The Labute approximate surface area is 120 Å². The highest BCUT2D eigenvalue weighted by Gasteiger charge is 2.19. The Hall–Kier alpha value is -0.650. The molecule has 2 heterocycles. The van der Waals surface area contributed by atoms with E-state index >= 15 is 0 Å². The minimum absolute atomic E-state index is 0.754. The average Bonchev–Trinajstić information content (AvgIpc) is 2.87. The lowest BCUT2D eigenvalue weighted by atomic mass is 9.98. The van der Waals surface area contributed by atoms with Crippen molar-refractivity contribution in [1.82, 2.24) is 9.88 Å². The Morgan fingerprint density at radius 2 is 2.26 bits per heavy atom. The molecule has 0 atom stereocenters. The molecule has 4 nitrogen and oxygen atoms in total. The molecular weight excluding hydrogens is 258 g/mol. The monoisotopic (exact) mass is 283 g/mol. The molecule has 5 heteroatoms. The van der Waals surface area contributed by atoms with E-state index in [2.05, 4.69) is 22.1 Å². The molecule has 0 saturated carbocycles. The van der Waals surface area contributed by atoms with Crippen molar-refractivity contribution in [2.75, 3.05) is 38.7 Å². The lowest BCUT2D eigenvalue weighted by Gasteiger charge is -2.31. The van der Waals surface area contributed by atoms with Gasteiger partial charge >= 0.3 is 0 Å². The van der Waals surface area contributed by atoms with Gasteiger partial charge in [0.05, 0.1) is 0 Å². The van der Waals surface area contributed by atoms with Gasteiger partial charge in [-0.3, -0.25) is 4.90 Å². The molecule has 1 fully saturated rings. The van der Waals surface area contributed by atoms with E-state index in [1.165, 1.54) is 30.8 Å². The summed E-state index contributed by atoms with van der Waals surface area (Å²) in [7, 11) is 1.80. The van der Waals surface area contributed by atoms with Gasteiger partial charge in [-0.25, -0.2) is 4.98 Å². The van der Waals surface area contributed by atoms with E-state index in [1.807, 2.05) is 6.20 Å². The van der Waals surface area contributed by atoms with Gasteiger partial charge in [-0.1, -0.05) is 6.92 Å². The summed E-state index contributed by atoms with van der Waals surface area (Å²) in [5.41, 5.74) is 0. The maximum atomic E-state index is 5.24. The summed E-state index contributed by atoms with van der Waals surface area (Å²) in [5, 5.41) is 4.41. The molecule has 1 aromatic rings. The van der Waals surface area contributed by atoms with Crippen molar-refractivity contribution >= 4 is 16.5 Å². The quantitative estimate of drug-likeness (QED) is 0.835. The molecule has 108 valence electrons. The van der Waals surface area contributed by atoms with Crippen LogP contribution in [0.1, 0.15) is 31.1 Å². The van der Waals surface area contributed by atoms with Gasteiger partial charge in [0.25, 0.3) is 0 Å². The number of anilines is 1. The van der Waals surface area contributed by atoms with E-state index < -0.39 is 0 Å². The molecule has 2 rings (SSSR count). The number of nitrogens with one attached hydrogen (secondary N) is 1. The minimum atomic E-state index is 0.754. The van der Waals surface area contributed by atoms with Crippen molar-refractivity contribution in [1.29, 1.82) is 0 Å². The van der Waals surface area contributed by atoms with Crippen molar-refractivity contribution in [3.05, 3.63) is 11.1 Å². The first-order valence-corrected chi connectivity index (χ1v) is 8.03. The zero-order chi connectivity index (χ0) is 13.5. The minimum Gasteiger partial charge on any atom is -0.384 e. The fourth-order valence-corrected chi connectivity index (χ4v) is 3.34. The smallest absolute Gasteiger partial charge is 0.182 e. The molecule has 0 spiro atoms. The second kappa shape index (κ2) is 7.82. The Morgan fingerprint density at radius 1 is 1.47 bits per heavy atom. The number of likely N-dealkylation sites (tertiary alicyclic amines) is 1. The third-order valence-corrected chi connectivity index (χ3v) is 4.51. The molecular formula is C14H25N3OS. The summed E-state index contributed by atoms with van der Waals surface area (Å²) in [6.07, 6.45) is 5.67. The molecule has 1 aromatic heterocycles. The SMILES string of the molecule is CCCNc1ncc(CN2CCC(COC)CC2)s1. The average molecular weight is 283 g/mol. The molecule has 0 aliphatic carbocycles. The molecule has 19 heavy (non-hydrogen) atoms. The fourth-order valence-electron chi connectivity index (χ4n) is 2.46. The third-order valence-electron chi connectivity index (χ3n) is 3.57. The molecule has 0 aromatic carbocycles. The molecule has 1 saturated heterocycles. The van der Waals surface area contributed by atoms with Gasteiger partial charge in [0, 0.05) is 37.9 Å². The van der Waals surface area contributed by atoms with Gasteiger partial charge in [0.1, 0.15) is 0 Å². The summed E-state index contributed by atoms with van der Waals surface area (Å²) in [5.74, 6) is 0.754. The van der Waals surface area contributed by atoms with E-state index in [9.17, 15) is 0 Å². The molecule has 0 unspecified atom stereocenters. The lowest BCUT2D eigenvalue weighted by Crippen LogP contribution is -2.34. The highest BCUT2D eigenvalue weighted by Crippen LogP contribution is 2.23. The number of thiazole rings is 1. The van der Waals surface area contributed by atoms with E-state index in [1.54, 1.807) is 18.4 Å². The van der Waals surface area contributed by atoms with Crippen molar-refractivity contribution in [3.8, 4) is 0 Å². The highest BCUT2D eigenvalue weighted by molar-refractivity contribution is 7.15. The van der Waals surface area contributed by atoms with Crippen LogP contribution >= 0.6 is 11.3 Å². The Kier molecular flexibility index (Phi) is 6.07. The summed E-state index contributed by atoms with van der Waals surface area (Å²) >= 11 is 1.79. The van der Waals surface area contributed by atoms with Crippen LogP contribution in [0.15, 0.2) is 6.20 Å². The zero-order valence-corrected chi connectivity index (χ0v) is 12.8. The first kappa shape index (κ1) is 14.8. The van der Waals surface area contributed by atoms with Crippen LogP contribution < -0.4 is 5.32 Å². The topological polar surface area (TPSA) is 37.4 Å². The predicted octanol–water partition coefficient (Wildman–Crippen LogP) is 2.82. The fraction of sp³-hybridized carbons (Fsp3) is 0.786.